The molecule has 0 radical (unpaired) electrons. The van der Waals surface area contributed by atoms with Crippen molar-refractivity contribution < 1.29 is 4.79 Å². The van der Waals surface area contributed by atoms with Crippen LogP contribution in [0.2, 0.25) is 0 Å². The van der Waals surface area contributed by atoms with Crippen molar-refractivity contribution in [3.05, 3.63) is 48.0 Å². The normalized spacial score (nSPS) is 10.1. The molecule has 4 nitrogen and oxygen atoms in total. The smallest absolute Gasteiger partial charge is 0.170 e. The summed E-state index contributed by atoms with van der Waals surface area (Å²) in [4.78, 5) is 18.6. The largest absolute Gasteiger partial charge is 0.399 e. The average Bonchev–Trinajstić information content (AvgIpc) is 2.71. The van der Waals surface area contributed by atoms with Gasteiger partial charge in [0.15, 0.2) is 5.78 Å². The second-order valence-corrected chi connectivity index (χ2v) is 3.26. The van der Waals surface area contributed by atoms with Gasteiger partial charge in [-0.05, 0) is 24.3 Å². The van der Waals surface area contributed by atoms with Crippen molar-refractivity contribution in [1.82, 2.24) is 9.97 Å². The lowest BCUT2D eigenvalue weighted by Crippen LogP contribution is -2.04. The minimum atomic E-state index is 0.0324. The van der Waals surface area contributed by atoms with Gasteiger partial charge in [-0.3, -0.25) is 4.79 Å². The highest BCUT2D eigenvalue weighted by Gasteiger charge is 2.07. The Morgan fingerprint density at radius 2 is 2.07 bits per heavy atom. The summed E-state index contributed by atoms with van der Waals surface area (Å²) in [6, 6.07) is 6.88. The van der Waals surface area contributed by atoms with Gasteiger partial charge in [0.2, 0.25) is 0 Å². The number of imidazole rings is 1. The van der Waals surface area contributed by atoms with Crippen LogP contribution in [0.1, 0.15) is 16.2 Å². The molecule has 0 amide bonds. The van der Waals surface area contributed by atoms with Crippen molar-refractivity contribution in [2.45, 2.75) is 6.42 Å². The minimum Gasteiger partial charge on any atom is -0.399 e. The predicted molar refractivity (Wildman–Crippen MR) is 57.5 cm³/mol. The number of carbonyl (C=O) groups is 1. The first-order valence-electron chi connectivity index (χ1n) is 4.63. The zero-order valence-corrected chi connectivity index (χ0v) is 8.10. The Kier molecular flexibility index (Phi) is 2.49. The Morgan fingerprint density at radius 1 is 1.33 bits per heavy atom. The third-order valence-electron chi connectivity index (χ3n) is 2.12. The van der Waals surface area contributed by atoms with E-state index >= 15 is 0 Å². The topological polar surface area (TPSA) is 71.8 Å². The van der Waals surface area contributed by atoms with Crippen LogP contribution in [-0.4, -0.2) is 15.8 Å². The van der Waals surface area contributed by atoms with Crippen molar-refractivity contribution in [2.24, 2.45) is 0 Å². The Hall–Kier alpha value is -2.10. The highest BCUT2D eigenvalue weighted by molar-refractivity contribution is 5.97. The van der Waals surface area contributed by atoms with Crippen LogP contribution in [0.3, 0.4) is 0 Å². The molecule has 0 saturated heterocycles. The Balaban J connectivity index is 2.11. The molecular weight excluding hydrogens is 190 g/mol. The zero-order chi connectivity index (χ0) is 10.7. The number of nitrogens with two attached hydrogens (primary N) is 1. The van der Waals surface area contributed by atoms with E-state index in [4.69, 9.17) is 5.73 Å². The Bertz CT molecular complexity index is 445. The van der Waals surface area contributed by atoms with Gasteiger partial charge in [-0.1, -0.05) is 0 Å². The molecule has 2 aromatic rings. The highest BCUT2D eigenvalue weighted by atomic mass is 16.1. The molecular formula is C11H11N3O. The summed E-state index contributed by atoms with van der Waals surface area (Å²) in [5.41, 5.74) is 6.84. The second-order valence-electron chi connectivity index (χ2n) is 3.26. The molecule has 0 spiro atoms. The number of Topliss-reactive ketones (excluding diaryl/α,β-unsaturated/α-hetero) is 1. The number of nitrogen functional groups attached to an aromatic ring is 1. The highest BCUT2D eigenvalue weighted by Crippen LogP contribution is 2.08. The molecule has 3 N–H and O–H groups in total. The van der Waals surface area contributed by atoms with E-state index in [2.05, 4.69) is 9.97 Å². The van der Waals surface area contributed by atoms with Crippen molar-refractivity contribution in [2.75, 3.05) is 5.73 Å². The van der Waals surface area contributed by atoms with Gasteiger partial charge < -0.3 is 10.7 Å². The summed E-state index contributed by atoms with van der Waals surface area (Å²) in [6.45, 7) is 0. The molecule has 0 aliphatic rings. The lowest BCUT2D eigenvalue weighted by molar-refractivity contribution is 0.0991. The maximum absolute atomic E-state index is 11.7. The Labute approximate surface area is 87.1 Å². The SMILES string of the molecule is Nc1ccc(C(=O)Cc2ncc[nH]2)cc1. The third kappa shape index (κ3) is 2.22. The molecule has 0 unspecified atom stereocenters. The number of aromatic nitrogens is 2. The van der Waals surface area contributed by atoms with Gasteiger partial charge in [0, 0.05) is 23.6 Å². The van der Waals surface area contributed by atoms with Crippen LogP contribution in [0.4, 0.5) is 5.69 Å². The van der Waals surface area contributed by atoms with Crippen LogP contribution in [-0.2, 0) is 6.42 Å². The molecule has 1 aromatic carbocycles. The van der Waals surface area contributed by atoms with Gasteiger partial charge in [0.05, 0.1) is 6.42 Å². The lowest BCUT2D eigenvalue weighted by atomic mass is 10.1. The molecule has 1 heterocycles. The molecule has 0 fully saturated rings. The van der Waals surface area contributed by atoms with Crippen molar-refractivity contribution in [3.8, 4) is 0 Å². The average molecular weight is 201 g/mol. The zero-order valence-electron chi connectivity index (χ0n) is 8.10. The van der Waals surface area contributed by atoms with Crippen LogP contribution in [0.5, 0.6) is 0 Å². The van der Waals surface area contributed by atoms with Crippen LogP contribution < -0.4 is 5.73 Å². The predicted octanol–water partition coefficient (Wildman–Crippen LogP) is 1.42. The number of rotatable bonds is 3. The molecule has 2 rings (SSSR count). The van der Waals surface area contributed by atoms with E-state index in [-0.39, 0.29) is 12.2 Å². The molecule has 15 heavy (non-hydrogen) atoms. The molecule has 1 aromatic heterocycles. The van der Waals surface area contributed by atoms with E-state index in [1.165, 1.54) is 0 Å². The maximum atomic E-state index is 11.7. The van der Waals surface area contributed by atoms with Gasteiger partial charge in [-0.25, -0.2) is 4.98 Å². The fraction of sp³-hybridized carbons (Fsp3) is 0.0909. The number of anilines is 1. The molecule has 0 aliphatic carbocycles. The van der Waals surface area contributed by atoms with Crippen LogP contribution in [0.15, 0.2) is 36.7 Å². The summed E-state index contributed by atoms with van der Waals surface area (Å²) in [7, 11) is 0. The number of benzene rings is 1. The van der Waals surface area contributed by atoms with Crippen molar-refractivity contribution in [3.63, 3.8) is 0 Å². The van der Waals surface area contributed by atoms with E-state index in [1.54, 1.807) is 36.7 Å². The summed E-state index contributed by atoms with van der Waals surface area (Å²) in [5.74, 6) is 0.710. The van der Waals surface area contributed by atoms with Gasteiger partial charge in [-0.15, -0.1) is 0 Å². The third-order valence-corrected chi connectivity index (χ3v) is 2.12. The van der Waals surface area contributed by atoms with E-state index < -0.39 is 0 Å². The van der Waals surface area contributed by atoms with E-state index in [0.29, 0.717) is 17.1 Å². The van der Waals surface area contributed by atoms with Crippen molar-refractivity contribution in [1.29, 1.82) is 0 Å². The number of nitrogens with one attached hydrogen (secondary N) is 1. The molecule has 0 bridgehead atoms. The van der Waals surface area contributed by atoms with Crippen LogP contribution >= 0.6 is 0 Å². The van der Waals surface area contributed by atoms with Gasteiger partial charge in [0.1, 0.15) is 5.82 Å². The first-order chi connectivity index (χ1) is 7.25. The Morgan fingerprint density at radius 3 is 2.67 bits per heavy atom. The maximum Gasteiger partial charge on any atom is 0.170 e. The summed E-state index contributed by atoms with van der Waals surface area (Å²) in [5, 5.41) is 0. The van der Waals surface area contributed by atoms with Crippen LogP contribution in [0.25, 0.3) is 0 Å². The fourth-order valence-corrected chi connectivity index (χ4v) is 1.32. The number of aromatic amines is 1. The standard InChI is InChI=1S/C11H11N3O/c12-9-3-1-8(2-4-9)10(15)7-11-13-5-6-14-11/h1-6H,7,12H2,(H,13,14). The number of carbonyl (C=O) groups excluding carboxylic acids is 1. The van der Waals surface area contributed by atoms with E-state index in [1.807, 2.05) is 0 Å². The van der Waals surface area contributed by atoms with Gasteiger partial charge in [-0.2, -0.15) is 0 Å². The lowest BCUT2D eigenvalue weighted by Gasteiger charge is -1.99. The van der Waals surface area contributed by atoms with Crippen LogP contribution in [0, 0.1) is 0 Å². The summed E-state index contributed by atoms with van der Waals surface area (Å²) >= 11 is 0. The number of nitrogens with zero attached hydrogens (tertiary/aromatic N) is 1. The number of H-pyrrole nitrogens is 1. The number of hydrogen-bond acceptors (Lipinski definition) is 3. The quantitative estimate of drug-likeness (QED) is 0.582. The molecule has 0 aliphatic heterocycles. The molecule has 0 saturated carbocycles. The first kappa shape index (κ1) is 9.45. The van der Waals surface area contributed by atoms with E-state index in [9.17, 15) is 4.79 Å². The molecule has 76 valence electrons. The summed E-state index contributed by atoms with van der Waals surface area (Å²) < 4.78 is 0. The van der Waals surface area contributed by atoms with E-state index in [0.717, 1.165) is 0 Å². The van der Waals surface area contributed by atoms with Gasteiger partial charge >= 0.3 is 0 Å². The molecule has 0 atom stereocenters. The minimum absolute atomic E-state index is 0.0324. The first-order valence-corrected chi connectivity index (χ1v) is 4.63. The number of ketones is 1. The summed E-state index contributed by atoms with van der Waals surface area (Å²) in [6.07, 6.45) is 3.62. The fourth-order valence-electron chi connectivity index (χ4n) is 1.32. The van der Waals surface area contributed by atoms with Gasteiger partial charge in [0.25, 0.3) is 0 Å². The molecule has 4 heteroatoms. The monoisotopic (exact) mass is 201 g/mol. The number of hydrogen-bond donors (Lipinski definition) is 2. The van der Waals surface area contributed by atoms with Crippen molar-refractivity contribution >= 4 is 11.5 Å². The second kappa shape index (κ2) is 3.96.